The highest BCUT2D eigenvalue weighted by Crippen LogP contribution is 2.43. The molecule has 1 N–H and O–H groups in total. The summed E-state index contributed by atoms with van der Waals surface area (Å²) in [6, 6.07) is 0. The summed E-state index contributed by atoms with van der Waals surface area (Å²) in [5, 5.41) is 9.57. The lowest BCUT2D eigenvalue weighted by atomic mass is 9.92. The van der Waals surface area contributed by atoms with E-state index in [1.54, 1.807) is 0 Å². The van der Waals surface area contributed by atoms with Gasteiger partial charge in [-0.2, -0.15) is 0 Å². The van der Waals surface area contributed by atoms with E-state index < -0.39 is 11.5 Å². The third-order valence-corrected chi connectivity index (χ3v) is 4.03. The molecule has 3 heteroatoms. The molecule has 1 unspecified atom stereocenters. The van der Waals surface area contributed by atoms with Crippen molar-refractivity contribution in [2.24, 2.45) is 5.92 Å². The van der Waals surface area contributed by atoms with Gasteiger partial charge in [-0.1, -0.05) is 26.7 Å². The fourth-order valence-electron chi connectivity index (χ4n) is 2.49. The highest BCUT2D eigenvalue weighted by atomic mass is 16.4. The molecule has 0 spiro atoms. The summed E-state index contributed by atoms with van der Waals surface area (Å²) in [5.74, 6) is -0.263. The first kappa shape index (κ1) is 14.5. The molecule has 0 aromatic rings. The van der Waals surface area contributed by atoms with Gasteiger partial charge in [0.1, 0.15) is 5.54 Å². The lowest BCUT2D eigenvalue weighted by Gasteiger charge is -2.38. The fourth-order valence-corrected chi connectivity index (χ4v) is 2.49. The van der Waals surface area contributed by atoms with Crippen LogP contribution in [0, 0.1) is 5.92 Å². The molecule has 1 aliphatic rings. The molecule has 100 valence electrons. The molecule has 1 aliphatic carbocycles. The number of carboxylic acids is 1. The Bertz CT molecular complexity index is 243. The minimum atomic E-state index is -0.632. The first-order chi connectivity index (χ1) is 8.07. The van der Waals surface area contributed by atoms with Crippen LogP contribution < -0.4 is 0 Å². The van der Waals surface area contributed by atoms with Gasteiger partial charge >= 0.3 is 5.97 Å². The van der Waals surface area contributed by atoms with E-state index in [9.17, 15) is 9.90 Å². The summed E-state index contributed by atoms with van der Waals surface area (Å²) in [7, 11) is 0. The van der Waals surface area contributed by atoms with Crippen LogP contribution in [-0.2, 0) is 4.79 Å². The van der Waals surface area contributed by atoms with E-state index in [4.69, 9.17) is 0 Å². The SMILES string of the molecule is CCCCN(CCCC)C(C)(C(=O)O)C1CC1. The second-order valence-corrected chi connectivity index (χ2v) is 5.42. The molecule has 0 aromatic heterocycles. The molecule has 1 fully saturated rings. The minimum absolute atomic E-state index is 0.369. The Morgan fingerprint density at radius 3 is 2.00 bits per heavy atom. The van der Waals surface area contributed by atoms with E-state index in [2.05, 4.69) is 18.7 Å². The van der Waals surface area contributed by atoms with Crippen LogP contribution in [0.2, 0.25) is 0 Å². The number of unbranched alkanes of at least 4 members (excludes halogenated alkanes) is 2. The van der Waals surface area contributed by atoms with Gasteiger partial charge in [-0.25, -0.2) is 0 Å². The van der Waals surface area contributed by atoms with Crippen LogP contribution in [0.4, 0.5) is 0 Å². The molecule has 1 saturated carbocycles. The monoisotopic (exact) mass is 241 g/mol. The Balaban J connectivity index is 2.72. The van der Waals surface area contributed by atoms with Gasteiger partial charge in [0.2, 0.25) is 0 Å². The zero-order valence-electron chi connectivity index (χ0n) is 11.5. The largest absolute Gasteiger partial charge is 0.480 e. The third kappa shape index (κ3) is 3.44. The number of aliphatic carboxylic acids is 1. The second-order valence-electron chi connectivity index (χ2n) is 5.42. The van der Waals surface area contributed by atoms with Crippen molar-refractivity contribution in [3.63, 3.8) is 0 Å². The van der Waals surface area contributed by atoms with Crippen LogP contribution in [0.1, 0.15) is 59.3 Å². The van der Waals surface area contributed by atoms with E-state index in [0.29, 0.717) is 5.92 Å². The first-order valence-corrected chi connectivity index (χ1v) is 7.05. The van der Waals surface area contributed by atoms with Crippen LogP contribution in [-0.4, -0.2) is 34.6 Å². The van der Waals surface area contributed by atoms with Crippen molar-refractivity contribution in [2.75, 3.05) is 13.1 Å². The maximum Gasteiger partial charge on any atom is 0.324 e. The maximum absolute atomic E-state index is 11.6. The summed E-state index contributed by atoms with van der Waals surface area (Å²) in [4.78, 5) is 13.9. The molecule has 0 amide bonds. The van der Waals surface area contributed by atoms with Crippen molar-refractivity contribution in [3.8, 4) is 0 Å². The molecule has 3 nitrogen and oxygen atoms in total. The number of nitrogens with zero attached hydrogens (tertiary/aromatic N) is 1. The number of hydrogen-bond donors (Lipinski definition) is 1. The van der Waals surface area contributed by atoms with Gasteiger partial charge in [-0.3, -0.25) is 9.69 Å². The zero-order chi connectivity index (χ0) is 12.9. The quantitative estimate of drug-likeness (QED) is 0.674. The molecule has 0 aliphatic heterocycles. The lowest BCUT2D eigenvalue weighted by Crippen LogP contribution is -2.54. The summed E-state index contributed by atoms with van der Waals surface area (Å²) >= 11 is 0. The van der Waals surface area contributed by atoms with Crippen LogP contribution in [0.5, 0.6) is 0 Å². The summed E-state index contributed by atoms with van der Waals surface area (Å²) in [5.41, 5.74) is -0.621. The predicted octanol–water partition coefficient (Wildman–Crippen LogP) is 3.14. The van der Waals surface area contributed by atoms with E-state index in [1.807, 2.05) is 6.92 Å². The number of carboxylic acid groups (broad SMARTS) is 1. The van der Waals surface area contributed by atoms with Gasteiger partial charge in [0.25, 0.3) is 0 Å². The molecular formula is C14H27NO2. The van der Waals surface area contributed by atoms with Crippen molar-refractivity contribution in [1.82, 2.24) is 4.90 Å². The summed E-state index contributed by atoms with van der Waals surface area (Å²) < 4.78 is 0. The van der Waals surface area contributed by atoms with Crippen molar-refractivity contribution >= 4 is 5.97 Å². The topological polar surface area (TPSA) is 40.5 Å². The minimum Gasteiger partial charge on any atom is -0.480 e. The number of rotatable bonds is 9. The maximum atomic E-state index is 11.6. The predicted molar refractivity (Wildman–Crippen MR) is 70.2 cm³/mol. The van der Waals surface area contributed by atoms with Crippen molar-refractivity contribution in [1.29, 1.82) is 0 Å². The van der Waals surface area contributed by atoms with E-state index >= 15 is 0 Å². The van der Waals surface area contributed by atoms with E-state index in [-0.39, 0.29) is 0 Å². The molecule has 17 heavy (non-hydrogen) atoms. The van der Waals surface area contributed by atoms with Gasteiger partial charge in [0, 0.05) is 0 Å². The average Bonchev–Trinajstić information content (AvgIpc) is 3.12. The first-order valence-electron chi connectivity index (χ1n) is 7.05. The molecule has 1 atom stereocenters. The number of hydrogen-bond acceptors (Lipinski definition) is 2. The van der Waals surface area contributed by atoms with Gasteiger partial charge in [-0.05, 0) is 51.6 Å². The standard InChI is InChI=1S/C14H27NO2/c1-4-6-10-15(11-7-5-2)14(3,13(16)17)12-8-9-12/h12H,4-11H2,1-3H3,(H,16,17). The molecule has 0 heterocycles. The van der Waals surface area contributed by atoms with Gasteiger partial charge in [0.15, 0.2) is 0 Å². The Hall–Kier alpha value is -0.570. The normalized spacial score (nSPS) is 19.3. The molecular weight excluding hydrogens is 214 g/mol. The molecule has 0 saturated heterocycles. The van der Waals surface area contributed by atoms with Crippen LogP contribution in [0.3, 0.4) is 0 Å². The Kier molecular flexibility index (Phi) is 5.44. The van der Waals surface area contributed by atoms with Crippen LogP contribution in [0.15, 0.2) is 0 Å². The average molecular weight is 241 g/mol. The fraction of sp³-hybridized carbons (Fsp3) is 0.929. The van der Waals surface area contributed by atoms with Gasteiger partial charge in [0.05, 0.1) is 0 Å². The molecule has 0 aromatic carbocycles. The lowest BCUT2D eigenvalue weighted by molar-refractivity contribution is -0.152. The van der Waals surface area contributed by atoms with Crippen molar-refractivity contribution in [2.45, 2.75) is 64.8 Å². The smallest absolute Gasteiger partial charge is 0.324 e. The van der Waals surface area contributed by atoms with Gasteiger partial charge in [-0.15, -0.1) is 0 Å². The highest BCUT2D eigenvalue weighted by molar-refractivity contribution is 5.79. The van der Waals surface area contributed by atoms with E-state index in [0.717, 1.165) is 51.6 Å². The van der Waals surface area contributed by atoms with Crippen molar-refractivity contribution in [3.05, 3.63) is 0 Å². The molecule has 0 bridgehead atoms. The van der Waals surface area contributed by atoms with Gasteiger partial charge < -0.3 is 5.11 Å². The highest BCUT2D eigenvalue weighted by Gasteiger charge is 2.50. The Morgan fingerprint density at radius 2 is 1.71 bits per heavy atom. The third-order valence-electron chi connectivity index (χ3n) is 4.03. The van der Waals surface area contributed by atoms with Crippen LogP contribution >= 0.6 is 0 Å². The number of carbonyl (C=O) groups is 1. The summed E-state index contributed by atoms with van der Waals surface area (Å²) in [6.45, 7) is 8.10. The Labute approximate surface area is 105 Å². The molecule has 0 radical (unpaired) electrons. The second kappa shape index (κ2) is 6.39. The van der Waals surface area contributed by atoms with Crippen molar-refractivity contribution < 1.29 is 9.90 Å². The zero-order valence-corrected chi connectivity index (χ0v) is 11.5. The molecule has 1 rings (SSSR count). The van der Waals surface area contributed by atoms with Crippen LogP contribution in [0.25, 0.3) is 0 Å². The Morgan fingerprint density at radius 1 is 1.24 bits per heavy atom. The summed E-state index contributed by atoms with van der Waals surface area (Å²) in [6.07, 6.45) is 6.61. The van der Waals surface area contributed by atoms with E-state index in [1.165, 1.54) is 0 Å².